The topological polar surface area (TPSA) is 77.5 Å². The Morgan fingerprint density at radius 1 is 1.08 bits per heavy atom. The standard InChI is InChI=1S/C31H34N2O4S/c1-4-36-31(35)22(3)16-21(2)17-26-20-38-30(32-26)28(33-29(34)25-12-13-25)18-23-10-14-27(15-11-23)37-19-24-8-6-5-7-9-24/h5-11,14-17,20,25,28H,4,12-13,18-19H2,1-3H3,(H,33,34)/t28-/m0/s1. The summed E-state index contributed by atoms with van der Waals surface area (Å²) < 4.78 is 11.0. The predicted molar refractivity (Wildman–Crippen MR) is 151 cm³/mol. The van der Waals surface area contributed by atoms with Crippen molar-refractivity contribution in [2.24, 2.45) is 5.92 Å². The van der Waals surface area contributed by atoms with Gasteiger partial charge in [0, 0.05) is 16.9 Å². The minimum absolute atomic E-state index is 0.0919. The number of hydrogen-bond donors (Lipinski definition) is 1. The molecule has 198 valence electrons. The molecular weight excluding hydrogens is 496 g/mol. The number of esters is 1. The van der Waals surface area contributed by atoms with E-state index < -0.39 is 0 Å². The third-order valence-electron chi connectivity index (χ3n) is 6.13. The fraction of sp³-hybridized carbons (Fsp3) is 0.323. The van der Waals surface area contributed by atoms with Gasteiger partial charge in [-0.15, -0.1) is 11.3 Å². The highest BCUT2D eigenvalue weighted by molar-refractivity contribution is 7.09. The predicted octanol–water partition coefficient (Wildman–Crippen LogP) is 6.44. The van der Waals surface area contributed by atoms with E-state index in [2.05, 4.69) is 5.32 Å². The maximum Gasteiger partial charge on any atom is 0.333 e. The van der Waals surface area contributed by atoms with Crippen molar-refractivity contribution < 1.29 is 19.1 Å². The Balaban J connectivity index is 1.44. The molecule has 1 N–H and O–H groups in total. The number of nitrogens with one attached hydrogen (secondary N) is 1. The Bertz CT molecular complexity index is 1290. The molecule has 0 bridgehead atoms. The molecule has 0 spiro atoms. The molecule has 1 saturated carbocycles. The van der Waals surface area contributed by atoms with E-state index in [0.29, 0.717) is 25.2 Å². The molecule has 4 rings (SSSR count). The molecule has 1 amide bonds. The quantitative estimate of drug-likeness (QED) is 0.166. The van der Waals surface area contributed by atoms with E-state index in [-0.39, 0.29) is 23.8 Å². The summed E-state index contributed by atoms with van der Waals surface area (Å²) >= 11 is 1.53. The van der Waals surface area contributed by atoms with E-state index in [1.165, 1.54) is 11.3 Å². The highest BCUT2D eigenvalue weighted by Crippen LogP contribution is 2.31. The van der Waals surface area contributed by atoms with Gasteiger partial charge in [0.05, 0.1) is 18.3 Å². The number of carbonyl (C=O) groups is 2. The van der Waals surface area contributed by atoms with Gasteiger partial charge in [0.1, 0.15) is 17.4 Å². The normalized spacial score (nSPS) is 14.6. The van der Waals surface area contributed by atoms with Crippen LogP contribution in [0.1, 0.15) is 61.5 Å². The second-order valence-corrected chi connectivity index (χ2v) is 10.4. The molecule has 1 aromatic heterocycles. The molecule has 0 saturated heterocycles. The molecule has 1 aliphatic rings. The van der Waals surface area contributed by atoms with E-state index in [4.69, 9.17) is 14.5 Å². The average molecular weight is 531 g/mol. The minimum Gasteiger partial charge on any atom is -0.489 e. The van der Waals surface area contributed by atoms with Crippen LogP contribution in [0.4, 0.5) is 0 Å². The second-order valence-electron chi connectivity index (χ2n) is 9.50. The molecule has 0 radical (unpaired) electrons. The molecule has 0 aliphatic heterocycles. The van der Waals surface area contributed by atoms with Crippen molar-refractivity contribution in [3.8, 4) is 5.75 Å². The lowest BCUT2D eigenvalue weighted by atomic mass is 10.1. The maximum atomic E-state index is 12.7. The van der Waals surface area contributed by atoms with Crippen LogP contribution in [-0.4, -0.2) is 23.5 Å². The number of amides is 1. The Morgan fingerprint density at radius 3 is 2.50 bits per heavy atom. The zero-order valence-corrected chi connectivity index (χ0v) is 22.9. The lowest BCUT2D eigenvalue weighted by Crippen LogP contribution is -2.31. The Labute approximate surface area is 228 Å². The smallest absolute Gasteiger partial charge is 0.333 e. The molecule has 1 aliphatic carbocycles. The van der Waals surface area contributed by atoms with E-state index in [9.17, 15) is 9.59 Å². The number of benzene rings is 2. The zero-order valence-electron chi connectivity index (χ0n) is 22.1. The summed E-state index contributed by atoms with van der Waals surface area (Å²) in [5.41, 5.74) is 4.45. The first-order chi connectivity index (χ1) is 18.4. The maximum absolute atomic E-state index is 12.7. The van der Waals surface area contributed by atoms with Gasteiger partial charge in [-0.1, -0.05) is 42.5 Å². The summed E-state index contributed by atoms with van der Waals surface area (Å²) in [7, 11) is 0. The number of aromatic nitrogens is 1. The van der Waals surface area contributed by atoms with Gasteiger partial charge in [0.2, 0.25) is 5.91 Å². The summed E-state index contributed by atoms with van der Waals surface area (Å²) in [5, 5.41) is 6.05. The molecule has 7 heteroatoms. The van der Waals surface area contributed by atoms with Crippen molar-refractivity contribution in [2.75, 3.05) is 6.61 Å². The van der Waals surface area contributed by atoms with Crippen LogP contribution in [0.15, 0.2) is 77.2 Å². The van der Waals surface area contributed by atoms with E-state index in [0.717, 1.165) is 46.0 Å². The number of carbonyl (C=O) groups excluding carboxylic acids is 2. The van der Waals surface area contributed by atoms with Crippen LogP contribution in [0.2, 0.25) is 0 Å². The summed E-state index contributed by atoms with van der Waals surface area (Å²) in [6.07, 6.45) is 6.26. The van der Waals surface area contributed by atoms with Gasteiger partial charge in [0.15, 0.2) is 0 Å². The Morgan fingerprint density at radius 2 is 1.82 bits per heavy atom. The van der Waals surface area contributed by atoms with Crippen LogP contribution < -0.4 is 10.1 Å². The molecule has 0 unspecified atom stereocenters. The molecule has 2 aromatic carbocycles. The van der Waals surface area contributed by atoms with Crippen LogP contribution in [0.25, 0.3) is 6.08 Å². The summed E-state index contributed by atoms with van der Waals surface area (Å²) in [4.78, 5) is 29.4. The van der Waals surface area contributed by atoms with Gasteiger partial charge in [-0.05, 0) is 81.0 Å². The fourth-order valence-electron chi connectivity index (χ4n) is 3.98. The third-order valence-corrected chi connectivity index (χ3v) is 7.11. The van der Waals surface area contributed by atoms with E-state index >= 15 is 0 Å². The summed E-state index contributed by atoms with van der Waals surface area (Å²) in [5.74, 6) is 0.691. The van der Waals surface area contributed by atoms with Crippen LogP contribution in [0.3, 0.4) is 0 Å². The largest absolute Gasteiger partial charge is 0.489 e. The fourth-order valence-corrected chi connectivity index (χ4v) is 4.81. The SMILES string of the molecule is CCOC(=O)C(C)=CC(C)=Cc1csc([C@H](Cc2ccc(OCc3ccccc3)cc2)NC(=O)C2CC2)n1. The van der Waals surface area contributed by atoms with Crippen LogP contribution >= 0.6 is 11.3 Å². The lowest BCUT2D eigenvalue weighted by molar-refractivity contribution is -0.138. The first-order valence-corrected chi connectivity index (χ1v) is 13.8. The van der Waals surface area contributed by atoms with E-state index in [1.54, 1.807) is 19.9 Å². The van der Waals surface area contributed by atoms with Crippen molar-refractivity contribution in [2.45, 2.75) is 52.7 Å². The van der Waals surface area contributed by atoms with Gasteiger partial charge in [0.25, 0.3) is 0 Å². The minimum atomic E-state index is -0.321. The number of ether oxygens (including phenoxy) is 2. The monoisotopic (exact) mass is 530 g/mol. The Kier molecular flexibility index (Phi) is 9.49. The highest BCUT2D eigenvalue weighted by Gasteiger charge is 2.32. The number of hydrogen-bond acceptors (Lipinski definition) is 6. The Hall–Kier alpha value is -3.71. The lowest BCUT2D eigenvalue weighted by Gasteiger charge is -2.17. The highest BCUT2D eigenvalue weighted by atomic mass is 32.1. The van der Waals surface area contributed by atoms with Crippen LogP contribution in [0.5, 0.6) is 5.75 Å². The van der Waals surface area contributed by atoms with Gasteiger partial charge in [-0.2, -0.15) is 0 Å². The first-order valence-electron chi connectivity index (χ1n) is 13.0. The van der Waals surface area contributed by atoms with Crippen molar-refractivity contribution in [3.05, 3.63) is 99.0 Å². The number of allylic oxidation sites excluding steroid dienone is 2. The van der Waals surface area contributed by atoms with Crippen molar-refractivity contribution >= 4 is 29.3 Å². The van der Waals surface area contributed by atoms with Crippen LogP contribution in [0, 0.1) is 5.92 Å². The van der Waals surface area contributed by atoms with Crippen molar-refractivity contribution in [3.63, 3.8) is 0 Å². The molecule has 38 heavy (non-hydrogen) atoms. The molecular formula is C31H34N2O4S. The van der Waals surface area contributed by atoms with Gasteiger partial charge >= 0.3 is 5.97 Å². The first kappa shape index (κ1) is 27.3. The number of thiazole rings is 1. The van der Waals surface area contributed by atoms with Gasteiger partial charge < -0.3 is 14.8 Å². The zero-order chi connectivity index (χ0) is 26.9. The van der Waals surface area contributed by atoms with Gasteiger partial charge in [-0.3, -0.25) is 4.79 Å². The molecule has 1 heterocycles. The van der Waals surface area contributed by atoms with Crippen molar-refractivity contribution in [1.29, 1.82) is 0 Å². The number of nitrogens with zero attached hydrogens (tertiary/aromatic N) is 1. The average Bonchev–Trinajstić information content (AvgIpc) is 3.67. The number of rotatable bonds is 12. The van der Waals surface area contributed by atoms with Gasteiger partial charge in [-0.25, -0.2) is 9.78 Å². The van der Waals surface area contributed by atoms with Crippen LogP contribution in [-0.2, 0) is 27.4 Å². The molecule has 3 aromatic rings. The molecule has 6 nitrogen and oxygen atoms in total. The third kappa shape index (κ3) is 8.15. The summed E-state index contributed by atoms with van der Waals surface area (Å²) in [6.45, 7) is 6.32. The molecule has 1 atom stereocenters. The summed E-state index contributed by atoms with van der Waals surface area (Å²) in [6, 6.07) is 17.9. The second kappa shape index (κ2) is 13.2. The molecule has 1 fully saturated rings. The van der Waals surface area contributed by atoms with Crippen molar-refractivity contribution in [1.82, 2.24) is 10.3 Å². The van der Waals surface area contributed by atoms with E-state index in [1.807, 2.05) is 73.0 Å².